The molecule has 0 aromatic heterocycles. The first-order valence-electron chi connectivity index (χ1n) is 12.4. The summed E-state index contributed by atoms with van der Waals surface area (Å²) >= 11 is 0. The molecule has 1 amide bonds. The Bertz CT molecular complexity index is 977. The van der Waals surface area contributed by atoms with E-state index in [4.69, 9.17) is 0 Å². The van der Waals surface area contributed by atoms with Crippen molar-refractivity contribution in [2.45, 2.75) is 51.6 Å². The number of amides is 1. The molecular weight excluding hydrogens is 404 g/mol. The van der Waals surface area contributed by atoms with Crippen molar-refractivity contribution in [2.75, 3.05) is 13.1 Å². The van der Waals surface area contributed by atoms with Crippen molar-refractivity contribution in [3.05, 3.63) is 107 Å². The van der Waals surface area contributed by atoms with Crippen LogP contribution >= 0.6 is 0 Å². The molecule has 3 aromatic rings. The van der Waals surface area contributed by atoms with Crippen LogP contribution < -0.4 is 5.32 Å². The van der Waals surface area contributed by atoms with Gasteiger partial charge < -0.3 is 5.32 Å². The number of likely N-dealkylation sites (tertiary alicyclic amines) is 1. The van der Waals surface area contributed by atoms with Crippen LogP contribution in [-0.4, -0.2) is 29.9 Å². The summed E-state index contributed by atoms with van der Waals surface area (Å²) in [5.41, 5.74) is 4.79. The van der Waals surface area contributed by atoms with Gasteiger partial charge in [-0.25, -0.2) is 0 Å². The quantitative estimate of drug-likeness (QED) is 0.450. The maximum Gasteiger partial charge on any atom is 0.251 e. The summed E-state index contributed by atoms with van der Waals surface area (Å²) in [4.78, 5) is 15.2. The Kier molecular flexibility index (Phi) is 8.32. The van der Waals surface area contributed by atoms with E-state index < -0.39 is 0 Å². The van der Waals surface area contributed by atoms with Gasteiger partial charge in [0.1, 0.15) is 0 Å². The van der Waals surface area contributed by atoms with Crippen LogP contribution in [0.25, 0.3) is 0 Å². The number of nitrogens with zero attached hydrogens (tertiary/aromatic N) is 1. The highest BCUT2D eigenvalue weighted by Crippen LogP contribution is 2.23. The van der Waals surface area contributed by atoms with E-state index in [0.29, 0.717) is 0 Å². The predicted molar refractivity (Wildman–Crippen MR) is 136 cm³/mol. The fourth-order valence-corrected chi connectivity index (χ4v) is 4.72. The van der Waals surface area contributed by atoms with Gasteiger partial charge in [0, 0.05) is 18.2 Å². The molecule has 1 fully saturated rings. The van der Waals surface area contributed by atoms with Crippen LogP contribution in [0.2, 0.25) is 0 Å². The van der Waals surface area contributed by atoms with Crippen LogP contribution in [0.1, 0.15) is 53.2 Å². The van der Waals surface area contributed by atoms with Crippen LogP contribution in [-0.2, 0) is 19.4 Å². The maximum absolute atomic E-state index is 12.6. The average molecular weight is 441 g/mol. The molecule has 1 unspecified atom stereocenters. The lowest BCUT2D eigenvalue weighted by atomic mass is 9.90. The second-order valence-electron chi connectivity index (χ2n) is 9.50. The minimum atomic E-state index is 0.0174. The highest BCUT2D eigenvalue weighted by molar-refractivity contribution is 5.94. The standard InChI is InChI=1S/C30H36N2O/c1-24(12-13-25-8-4-2-5-9-25)31-30(33)29-16-14-28(15-17-29)23-32-20-18-27(19-21-32)22-26-10-6-3-7-11-26/h2-11,14-17,24,27H,12-13,18-23H2,1H3,(H,31,33). The fourth-order valence-electron chi connectivity index (χ4n) is 4.72. The van der Waals surface area contributed by atoms with Crippen LogP contribution in [0.3, 0.4) is 0 Å². The summed E-state index contributed by atoms with van der Waals surface area (Å²) in [5.74, 6) is 0.808. The predicted octanol–water partition coefficient (Wildman–Crippen LogP) is 5.89. The van der Waals surface area contributed by atoms with Gasteiger partial charge in [0.15, 0.2) is 0 Å². The number of aryl methyl sites for hydroxylation is 1. The van der Waals surface area contributed by atoms with E-state index >= 15 is 0 Å². The second-order valence-corrected chi connectivity index (χ2v) is 9.50. The number of rotatable bonds is 9. The number of hydrogen-bond donors (Lipinski definition) is 1. The first-order chi connectivity index (χ1) is 16.2. The summed E-state index contributed by atoms with van der Waals surface area (Å²) in [6.07, 6.45) is 5.63. The minimum Gasteiger partial charge on any atom is -0.350 e. The zero-order chi connectivity index (χ0) is 22.9. The Morgan fingerprint density at radius 2 is 1.45 bits per heavy atom. The summed E-state index contributed by atoms with van der Waals surface area (Å²) in [6, 6.07) is 29.6. The van der Waals surface area contributed by atoms with E-state index in [0.717, 1.165) is 44.0 Å². The largest absolute Gasteiger partial charge is 0.350 e. The van der Waals surface area contributed by atoms with Gasteiger partial charge in [-0.1, -0.05) is 72.8 Å². The molecule has 3 heteroatoms. The number of hydrogen-bond acceptors (Lipinski definition) is 2. The van der Waals surface area contributed by atoms with Gasteiger partial charge in [0.2, 0.25) is 0 Å². The van der Waals surface area contributed by atoms with Crippen molar-refractivity contribution < 1.29 is 4.79 Å². The molecule has 0 radical (unpaired) electrons. The molecule has 1 atom stereocenters. The van der Waals surface area contributed by atoms with Crippen LogP contribution in [0.15, 0.2) is 84.9 Å². The van der Waals surface area contributed by atoms with E-state index in [9.17, 15) is 4.79 Å². The zero-order valence-electron chi connectivity index (χ0n) is 19.7. The molecule has 4 rings (SSSR count). The Balaban J connectivity index is 1.19. The van der Waals surface area contributed by atoms with E-state index in [1.165, 1.54) is 36.0 Å². The van der Waals surface area contributed by atoms with Crippen molar-refractivity contribution >= 4 is 5.91 Å². The normalized spacial score (nSPS) is 15.8. The number of benzene rings is 3. The number of nitrogens with one attached hydrogen (secondary N) is 1. The van der Waals surface area contributed by atoms with Crippen molar-refractivity contribution in [1.29, 1.82) is 0 Å². The monoisotopic (exact) mass is 440 g/mol. The third-order valence-corrected chi connectivity index (χ3v) is 6.78. The lowest BCUT2D eigenvalue weighted by molar-refractivity contribution is 0.0938. The number of piperidine rings is 1. The van der Waals surface area contributed by atoms with E-state index in [2.05, 4.69) is 83.9 Å². The third-order valence-electron chi connectivity index (χ3n) is 6.78. The van der Waals surface area contributed by atoms with Gasteiger partial charge in [0.25, 0.3) is 5.91 Å². The SMILES string of the molecule is CC(CCc1ccccc1)NC(=O)c1ccc(CN2CCC(Cc3ccccc3)CC2)cc1. The van der Waals surface area contributed by atoms with E-state index in [1.807, 2.05) is 18.2 Å². The van der Waals surface area contributed by atoms with Gasteiger partial charge >= 0.3 is 0 Å². The first-order valence-corrected chi connectivity index (χ1v) is 12.4. The lowest BCUT2D eigenvalue weighted by Gasteiger charge is -2.32. The van der Waals surface area contributed by atoms with Crippen molar-refractivity contribution in [3.63, 3.8) is 0 Å². The highest BCUT2D eigenvalue weighted by atomic mass is 16.1. The Labute approximate surface area is 198 Å². The summed E-state index contributed by atoms with van der Waals surface area (Å²) in [5, 5.41) is 3.14. The molecule has 0 aliphatic carbocycles. The molecule has 172 valence electrons. The molecule has 33 heavy (non-hydrogen) atoms. The van der Waals surface area contributed by atoms with Gasteiger partial charge in [-0.2, -0.15) is 0 Å². The van der Waals surface area contributed by atoms with Crippen molar-refractivity contribution in [3.8, 4) is 0 Å². The number of carbonyl (C=O) groups excluding carboxylic acids is 1. The Morgan fingerprint density at radius 3 is 2.09 bits per heavy atom. The molecule has 0 spiro atoms. The molecule has 3 nitrogen and oxygen atoms in total. The van der Waals surface area contributed by atoms with Crippen molar-refractivity contribution in [1.82, 2.24) is 10.2 Å². The first kappa shape index (κ1) is 23.3. The van der Waals surface area contributed by atoms with E-state index in [-0.39, 0.29) is 11.9 Å². The highest BCUT2D eigenvalue weighted by Gasteiger charge is 2.19. The second kappa shape index (κ2) is 11.8. The summed E-state index contributed by atoms with van der Waals surface area (Å²) in [6.45, 7) is 5.35. The minimum absolute atomic E-state index is 0.0174. The van der Waals surface area contributed by atoms with E-state index in [1.54, 1.807) is 0 Å². The maximum atomic E-state index is 12.6. The van der Waals surface area contributed by atoms with Crippen LogP contribution in [0.5, 0.6) is 0 Å². The van der Waals surface area contributed by atoms with Crippen LogP contribution in [0, 0.1) is 5.92 Å². The fraction of sp³-hybridized carbons (Fsp3) is 0.367. The van der Waals surface area contributed by atoms with Crippen LogP contribution in [0.4, 0.5) is 0 Å². The molecule has 0 bridgehead atoms. The van der Waals surface area contributed by atoms with Gasteiger partial charge in [-0.3, -0.25) is 9.69 Å². The van der Waals surface area contributed by atoms with Gasteiger partial charge in [-0.05, 0) is 86.9 Å². The molecule has 0 saturated carbocycles. The summed E-state index contributed by atoms with van der Waals surface area (Å²) in [7, 11) is 0. The molecule has 1 heterocycles. The van der Waals surface area contributed by atoms with Crippen molar-refractivity contribution in [2.24, 2.45) is 5.92 Å². The third kappa shape index (κ3) is 7.30. The average Bonchev–Trinajstić information content (AvgIpc) is 2.86. The molecule has 1 saturated heterocycles. The number of carbonyl (C=O) groups is 1. The smallest absolute Gasteiger partial charge is 0.251 e. The van der Waals surface area contributed by atoms with Gasteiger partial charge in [0.05, 0.1) is 0 Å². The Morgan fingerprint density at radius 1 is 0.848 bits per heavy atom. The molecule has 1 aliphatic rings. The molecule has 1 N–H and O–H groups in total. The zero-order valence-corrected chi connectivity index (χ0v) is 19.7. The Hall–Kier alpha value is -2.91. The van der Waals surface area contributed by atoms with Gasteiger partial charge in [-0.15, -0.1) is 0 Å². The summed E-state index contributed by atoms with van der Waals surface area (Å²) < 4.78 is 0. The topological polar surface area (TPSA) is 32.3 Å². The lowest BCUT2D eigenvalue weighted by Crippen LogP contribution is -2.34. The molecular formula is C30H36N2O. The molecule has 1 aliphatic heterocycles. The molecule has 3 aromatic carbocycles.